The summed E-state index contributed by atoms with van der Waals surface area (Å²) in [5, 5.41) is 1.23. The van der Waals surface area contributed by atoms with Crippen LogP contribution in [0, 0.1) is 6.92 Å². The molecule has 0 aliphatic rings. The molecule has 1 nitrogen and oxygen atoms in total. The molecule has 0 saturated carbocycles. The monoisotopic (exact) mass is 206 g/mol. The van der Waals surface area contributed by atoms with Crippen molar-refractivity contribution >= 4 is 70.3 Å². The van der Waals surface area contributed by atoms with Crippen LogP contribution in [0.1, 0.15) is 11.3 Å². The Morgan fingerprint density at radius 2 is 1.56 bits per heavy atom. The largest absolute Gasteiger partial charge is 0.461 e. The van der Waals surface area contributed by atoms with Crippen molar-refractivity contribution in [2.45, 2.75) is 6.92 Å². The van der Waals surface area contributed by atoms with Crippen molar-refractivity contribution in [3.05, 3.63) is 17.9 Å². The van der Waals surface area contributed by atoms with Crippen LogP contribution >= 0.6 is 0 Å². The Kier molecular flexibility index (Phi) is 2.57. The molecule has 0 aliphatic heterocycles. The highest BCUT2D eigenvalue weighted by Crippen LogP contribution is 2.22. The lowest BCUT2D eigenvalue weighted by molar-refractivity contribution is 0.580. The normalized spacial score (nSPS) is 10.8. The minimum absolute atomic E-state index is 0.959. The maximum atomic E-state index is 5.87. The first kappa shape index (κ1) is 11.3. The molecule has 2 aromatic rings. The zero-order valence-electron chi connectivity index (χ0n) is 10.7. The summed E-state index contributed by atoms with van der Waals surface area (Å²) in [5.74, 6) is 0.959. The lowest BCUT2D eigenvalue weighted by Gasteiger charge is -2.11. The average Bonchev–Trinajstić information content (AvgIpc) is 2.60. The first-order chi connectivity index (χ1) is 7.49. The molecule has 0 fully saturated rings. The Bertz CT molecular complexity index is 598. The molecule has 0 radical (unpaired) electrons. The minimum Gasteiger partial charge on any atom is -0.461 e. The summed E-state index contributed by atoms with van der Waals surface area (Å²) in [6.07, 6.45) is 1.89. The number of hydrogen-bond acceptors (Lipinski definition) is 1. The van der Waals surface area contributed by atoms with Gasteiger partial charge in [0, 0.05) is 10.9 Å². The molecule has 1 aromatic heterocycles. The molecule has 2 rings (SSSR count). The van der Waals surface area contributed by atoms with Gasteiger partial charge in [0.1, 0.15) is 42.7 Å². The number of furan rings is 1. The van der Waals surface area contributed by atoms with E-state index in [-0.39, 0.29) is 0 Å². The van der Waals surface area contributed by atoms with Crippen molar-refractivity contribution in [2.75, 3.05) is 0 Å². The Morgan fingerprint density at radius 3 is 2.12 bits per heavy atom. The Morgan fingerprint density at radius 1 is 1.00 bits per heavy atom. The van der Waals surface area contributed by atoms with E-state index in [0.717, 1.165) is 16.9 Å². The number of aryl methyl sites for hydroxylation is 1. The second-order valence-electron chi connectivity index (χ2n) is 4.48. The van der Waals surface area contributed by atoms with Crippen molar-refractivity contribution in [3.63, 3.8) is 0 Å². The van der Waals surface area contributed by atoms with Gasteiger partial charge in [0.15, 0.2) is 0 Å². The van der Waals surface area contributed by atoms with Crippen LogP contribution in [0.15, 0.2) is 11.0 Å². The van der Waals surface area contributed by atoms with E-state index < -0.39 is 0 Å². The van der Waals surface area contributed by atoms with Gasteiger partial charge in [0.05, 0.1) is 0 Å². The first-order valence-corrected chi connectivity index (χ1v) is 5.61. The molecule has 1 heterocycles. The molecule has 0 spiro atoms. The van der Waals surface area contributed by atoms with Crippen molar-refractivity contribution in [2.24, 2.45) is 0 Å². The van der Waals surface area contributed by atoms with Crippen LogP contribution in [0.3, 0.4) is 0 Å². The fourth-order valence-electron chi connectivity index (χ4n) is 2.36. The highest BCUT2D eigenvalue weighted by Gasteiger charge is 2.15. The van der Waals surface area contributed by atoms with E-state index in [1.54, 1.807) is 0 Å². The summed E-state index contributed by atoms with van der Waals surface area (Å²) in [6.45, 7) is 5.88. The molecule has 0 unspecified atom stereocenters. The second kappa shape index (κ2) is 3.65. The van der Waals surface area contributed by atoms with Crippen LogP contribution in [-0.2, 0) is 0 Å². The standard InChI is InChI=1S/C11H14B4O/c1-3-5-4(2)16-11-6(5)7(12)8(13)9(14)10(11)15/h3H,1,12-15H2,2H3. The van der Waals surface area contributed by atoms with Gasteiger partial charge in [-0.05, 0) is 6.92 Å². The van der Waals surface area contributed by atoms with Gasteiger partial charge in [-0.1, -0.05) is 29.0 Å². The Labute approximate surface area is 99.9 Å². The van der Waals surface area contributed by atoms with Gasteiger partial charge < -0.3 is 4.42 Å². The van der Waals surface area contributed by atoms with Gasteiger partial charge in [-0.25, -0.2) is 0 Å². The highest BCUT2D eigenvalue weighted by atomic mass is 16.3. The van der Waals surface area contributed by atoms with Crippen LogP contribution in [0.2, 0.25) is 0 Å². The number of fused-ring (bicyclic) bond motifs is 1. The number of rotatable bonds is 1. The molecule has 0 N–H and O–H groups in total. The summed E-state index contributed by atoms with van der Waals surface area (Å²) in [5.41, 5.74) is 7.40. The highest BCUT2D eigenvalue weighted by molar-refractivity contribution is 6.66. The summed E-state index contributed by atoms with van der Waals surface area (Å²) < 4.78 is 5.87. The maximum Gasteiger partial charge on any atom is 0.143 e. The van der Waals surface area contributed by atoms with Crippen LogP contribution in [0.25, 0.3) is 17.0 Å². The number of hydrogen-bond donors (Lipinski definition) is 0. The molecule has 0 bridgehead atoms. The summed E-state index contributed by atoms with van der Waals surface area (Å²) in [7, 11) is 8.61. The zero-order chi connectivity index (χ0) is 12.0. The molecule has 0 amide bonds. The zero-order valence-corrected chi connectivity index (χ0v) is 10.7. The third-order valence-electron chi connectivity index (χ3n) is 3.74. The average molecular weight is 205 g/mol. The van der Waals surface area contributed by atoms with E-state index in [2.05, 4.69) is 38.0 Å². The SMILES string of the molecule is Bc1c(B)c(B)c2c(C=C)c(C)oc2c1B. The van der Waals surface area contributed by atoms with Gasteiger partial charge in [0.2, 0.25) is 0 Å². The molecule has 0 aliphatic carbocycles. The lowest BCUT2D eigenvalue weighted by atomic mass is 9.65. The first-order valence-electron chi connectivity index (χ1n) is 5.61. The molecule has 1 aromatic carbocycles. The summed E-state index contributed by atoms with van der Waals surface area (Å²) in [6, 6.07) is 0. The van der Waals surface area contributed by atoms with Crippen molar-refractivity contribution in [1.82, 2.24) is 0 Å². The fourth-order valence-corrected chi connectivity index (χ4v) is 2.36. The van der Waals surface area contributed by atoms with Crippen molar-refractivity contribution < 1.29 is 4.42 Å². The smallest absolute Gasteiger partial charge is 0.143 e. The fraction of sp³-hybridized carbons (Fsp3) is 0.0909. The molecule has 0 saturated heterocycles. The van der Waals surface area contributed by atoms with Crippen LogP contribution in [0.5, 0.6) is 0 Å². The van der Waals surface area contributed by atoms with Gasteiger partial charge in [-0.2, -0.15) is 0 Å². The summed E-state index contributed by atoms with van der Waals surface area (Å²) >= 11 is 0. The second-order valence-corrected chi connectivity index (χ2v) is 4.48. The van der Waals surface area contributed by atoms with E-state index in [1.807, 2.05) is 13.0 Å². The predicted molar refractivity (Wildman–Crippen MR) is 83.8 cm³/mol. The Hall–Kier alpha value is -1.24. The molecular formula is C11H14B4O. The topological polar surface area (TPSA) is 13.1 Å². The van der Waals surface area contributed by atoms with E-state index in [4.69, 9.17) is 4.42 Å². The van der Waals surface area contributed by atoms with E-state index in [1.165, 1.54) is 27.2 Å². The van der Waals surface area contributed by atoms with E-state index in [0.29, 0.717) is 0 Å². The van der Waals surface area contributed by atoms with E-state index >= 15 is 0 Å². The molecule has 5 heteroatoms. The van der Waals surface area contributed by atoms with Crippen LogP contribution in [0.4, 0.5) is 0 Å². The van der Waals surface area contributed by atoms with Crippen molar-refractivity contribution in [3.8, 4) is 0 Å². The molecule has 16 heavy (non-hydrogen) atoms. The van der Waals surface area contributed by atoms with E-state index in [9.17, 15) is 0 Å². The third kappa shape index (κ3) is 1.31. The maximum absolute atomic E-state index is 5.87. The van der Waals surface area contributed by atoms with Gasteiger partial charge >= 0.3 is 0 Å². The van der Waals surface area contributed by atoms with Crippen LogP contribution in [-0.4, -0.2) is 31.4 Å². The quantitative estimate of drug-likeness (QED) is 0.439. The molecular weight excluding hydrogens is 191 g/mol. The Balaban J connectivity index is 3.08. The predicted octanol–water partition coefficient (Wildman–Crippen LogP) is -3.58. The third-order valence-corrected chi connectivity index (χ3v) is 3.74. The van der Waals surface area contributed by atoms with Crippen molar-refractivity contribution in [1.29, 1.82) is 0 Å². The molecule has 76 valence electrons. The lowest BCUT2D eigenvalue weighted by Crippen LogP contribution is -2.47. The minimum atomic E-state index is 0.959. The van der Waals surface area contributed by atoms with Gasteiger partial charge in [-0.3, -0.25) is 0 Å². The molecule has 0 atom stereocenters. The number of benzene rings is 1. The van der Waals surface area contributed by atoms with Gasteiger partial charge in [-0.15, -0.1) is 5.46 Å². The van der Waals surface area contributed by atoms with Crippen LogP contribution < -0.4 is 21.9 Å². The van der Waals surface area contributed by atoms with Gasteiger partial charge in [0.25, 0.3) is 0 Å². The summed E-state index contributed by atoms with van der Waals surface area (Å²) in [4.78, 5) is 0.